The van der Waals surface area contributed by atoms with Crippen molar-refractivity contribution in [3.05, 3.63) is 29.0 Å². The van der Waals surface area contributed by atoms with Crippen molar-refractivity contribution >= 4 is 23.5 Å². The Hall–Kier alpha value is -1.95. The average molecular weight is 308 g/mol. The Labute approximate surface area is 127 Å². The van der Waals surface area contributed by atoms with Crippen LogP contribution in [-0.2, 0) is 0 Å². The Kier molecular flexibility index (Phi) is 3.88. The van der Waals surface area contributed by atoms with Crippen LogP contribution in [-0.4, -0.2) is 35.1 Å². The van der Waals surface area contributed by atoms with E-state index in [1.54, 1.807) is 13.1 Å². The summed E-state index contributed by atoms with van der Waals surface area (Å²) in [6.45, 7) is 1.88. The van der Waals surface area contributed by atoms with Gasteiger partial charge in [-0.15, -0.1) is 0 Å². The van der Waals surface area contributed by atoms with E-state index in [9.17, 15) is 4.39 Å². The van der Waals surface area contributed by atoms with Crippen LogP contribution >= 0.6 is 11.6 Å². The van der Waals surface area contributed by atoms with Crippen LogP contribution in [0.2, 0.25) is 5.02 Å². The minimum Gasteiger partial charge on any atom is -0.357 e. The second-order valence-corrected chi connectivity index (χ2v) is 5.26. The van der Waals surface area contributed by atoms with Crippen molar-refractivity contribution in [2.24, 2.45) is 0 Å². The number of nitrogens with zero attached hydrogens (tertiary/aromatic N) is 4. The lowest BCUT2D eigenvalue weighted by atomic mass is 10.2. The lowest BCUT2D eigenvalue weighted by Gasteiger charge is -2.16. The van der Waals surface area contributed by atoms with Gasteiger partial charge in [0.15, 0.2) is 5.82 Å². The minimum atomic E-state index is -0.455. The van der Waals surface area contributed by atoms with Crippen molar-refractivity contribution < 1.29 is 4.39 Å². The molecule has 1 aromatic carbocycles. The van der Waals surface area contributed by atoms with Crippen molar-refractivity contribution in [1.29, 1.82) is 0 Å². The fourth-order valence-electron chi connectivity index (χ4n) is 2.30. The van der Waals surface area contributed by atoms with Crippen LogP contribution in [0, 0.1) is 5.82 Å². The van der Waals surface area contributed by atoms with Gasteiger partial charge in [-0.3, -0.25) is 0 Å². The SMILES string of the molecule is CNc1nc(-c2ccc(F)c(Cl)c2)nc(N2CCCC2)n1. The maximum Gasteiger partial charge on any atom is 0.230 e. The highest BCUT2D eigenvalue weighted by Crippen LogP contribution is 2.25. The van der Waals surface area contributed by atoms with Gasteiger partial charge < -0.3 is 10.2 Å². The fourth-order valence-corrected chi connectivity index (χ4v) is 2.48. The monoisotopic (exact) mass is 307 g/mol. The number of aromatic nitrogens is 3. The highest BCUT2D eigenvalue weighted by atomic mass is 35.5. The molecule has 110 valence electrons. The largest absolute Gasteiger partial charge is 0.357 e. The zero-order valence-corrected chi connectivity index (χ0v) is 12.4. The molecule has 1 aliphatic rings. The van der Waals surface area contributed by atoms with Gasteiger partial charge in [0.05, 0.1) is 5.02 Å². The third-order valence-corrected chi connectivity index (χ3v) is 3.70. The van der Waals surface area contributed by atoms with Gasteiger partial charge in [-0.05, 0) is 31.0 Å². The molecule has 3 rings (SSSR count). The molecule has 0 radical (unpaired) electrons. The van der Waals surface area contributed by atoms with Crippen LogP contribution in [0.3, 0.4) is 0 Å². The van der Waals surface area contributed by atoms with E-state index in [1.807, 2.05) is 0 Å². The van der Waals surface area contributed by atoms with Crippen LogP contribution in [0.15, 0.2) is 18.2 Å². The van der Waals surface area contributed by atoms with E-state index in [-0.39, 0.29) is 5.02 Å². The van der Waals surface area contributed by atoms with Crippen LogP contribution in [0.4, 0.5) is 16.3 Å². The first-order valence-corrected chi connectivity index (χ1v) is 7.19. The highest BCUT2D eigenvalue weighted by Gasteiger charge is 2.18. The van der Waals surface area contributed by atoms with Gasteiger partial charge in [-0.25, -0.2) is 4.39 Å². The van der Waals surface area contributed by atoms with Crippen LogP contribution < -0.4 is 10.2 Å². The van der Waals surface area contributed by atoms with E-state index < -0.39 is 5.82 Å². The molecule has 1 fully saturated rings. The number of anilines is 2. The van der Waals surface area contributed by atoms with Gasteiger partial charge in [0, 0.05) is 25.7 Å². The number of hydrogen-bond acceptors (Lipinski definition) is 5. The highest BCUT2D eigenvalue weighted by molar-refractivity contribution is 6.31. The van der Waals surface area contributed by atoms with E-state index in [2.05, 4.69) is 25.2 Å². The Morgan fingerprint density at radius 3 is 2.62 bits per heavy atom. The van der Waals surface area contributed by atoms with Crippen molar-refractivity contribution in [2.75, 3.05) is 30.4 Å². The first kappa shape index (κ1) is 14.0. The summed E-state index contributed by atoms with van der Waals surface area (Å²) in [7, 11) is 1.75. The molecule has 5 nitrogen and oxygen atoms in total. The van der Waals surface area contributed by atoms with E-state index in [4.69, 9.17) is 11.6 Å². The fraction of sp³-hybridized carbons (Fsp3) is 0.357. The minimum absolute atomic E-state index is 0.0571. The molecule has 21 heavy (non-hydrogen) atoms. The first-order chi connectivity index (χ1) is 10.2. The molecule has 1 saturated heterocycles. The molecule has 1 aromatic heterocycles. The van der Waals surface area contributed by atoms with Crippen molar-refractivity contribution in [3.63, 3.8) is 0 Å². The molecule has 1 N–H and O–H groups in total. The molecule has 0 atom stereocenters. The van der Waals surface area contributed by atoms with Gasteiger partial charge >= 0.3 is 0 Å². The number of benzene rings is 1. The van der Waals surface area contributed by atoms with Crippen molar-refractivity contribution in [1.82, 2.24) is 15.0 Å². The molecule has 7 heteroatoms. The van der Waals surface area contributed by atoms with E-state index in [0.717, 1.165) is 25.9 Å². The Bertz CT molecular complexity index is 658. The lowest BCUT2D eigenvalue weighted by molar-refractivity contribution is 0.628. The smallest absolute Gasteiger partial charge is 0.230 e. The molecular formula is C14H15ClFN5. The molecule has 0 aliphatic carbocycles. The number of halogens is 2. The number of nitrogens with one attached hydrogen (secondary N) is 1. The van der Waals surface area contributed by atoms with E-state index in [0.29, 0.717) is 23.3 Å². The average Bonchev–Trinajstić information content (AvgIpc) is 3.04. The predicted octanol–water partition coefficient (Wildman–Crippen LogP) is 2.97. The molecule has 0 saturated carbocycles. The normalized spacial score (nSPS) is 14.5. The maximum absolute atomic E-state index is 13.3. The standard InChI is InChI=1S/C14H15ClFN5/c1-17-13-18-12(9-4-5-11(16)10(15)8-9)19-14(20-13)21-6-2-3-7-21/h4-5,8H,2-3,6-7H2,1H3,(H,17,18,19,20). The Balaban J connectivity index is 2.04. The van der Waals surface area contributed by atoms with Gasteiger partial charge in [0.1, 0.15) is 5.82 Å². The van der Waals surface area contributed by atoms with E-state index in [1.165, 1.54) is 12.1 Å². The summed E-state index contributed by atoms with van der Waals surface area (Å²) in [5.41, 5.74) is 0.667. The van der Waals surface area contributed by atoms with Gasteiger partial charge in [-0.2, -0.15) is 15.0 Å². The first-order valence-electron chi connectivity index (χ1n) is 6.81. The quantitative estimate of drug-likeness (QED) is 0.945. The molecule has 1 aliphatic heterocycles. The molecule has 0 spiro atoms. The van der Waals surface area contributed by atoms with Crippen LogP contribution in [0.25, 0.3) is 11.4 Å². The summed E-state index contributed by atoms with van der Waals surface area (Å²) in [4.78, 5) is 15.3. The van der Waals surface area contributed by atoms with Gasteiger partial charge in [-0.1, -0.05) is 11.6 Å². The predicted molar refractivity (Wildman–Crippen MR) is 81.2 cm³/mol. The summed E-state index contributed by atoms with van der Waals surface area (Å²) in [6.07, 6.45) is 2.27. The zero-order valence-electron chi connectivity index (χ0n) is 11.6. The molecule has 0 amide bonds. The third-order valence-electron chi connectivity index (χ3n) is 3.41. The molecule has 0 unspecified atom stereocenters. The molecule has 2 heterocycles. The summed E-state index contributed by atoms with van der Waals surface area (Å²) < 4.78 is 13.3. The zero-order chi connectivity index (χ0) is 14.8. The number of rotatable bonds is 3. The number of hydrogen-bond donors (Lipinski definition) is 1. The van der Waals surface area contributed by atoms with Gasteiger partial charge in [0.25, 0.3) is 0 Å². The lowest BCUT2D eigenvalue weighted by Crippen LogP contribution is -2.21. The van der Waals surface area contributed by atoms with Crippen LogP contribution in [0.1, 0.15) is 12.8 Å². The molecule has 2 aromatic rings. The van der Waals surface area contributed by atoms with E-state index >= 15 is 0 Å². The summed E-state index contributed by atoms with van der Waals surface area (Å²) in [5.74, 6) is 1.16. The second kappa shape index (κ2) is 5.81. The summed E-state index contributed by atoms with van der Waals surface area (Å²) in [5, 5.41) is 2.99. The molecule has 0 bridgehead atoms. The van der Waals surface area contributed by atoms with Crippen molar-refractivity contribution in [2.45, 2.75) is 12.8 Å². The Morgan fingerprint density at radius 2 is 1.95 bits per heavy atom. The Morgan fingerprint density at radius 1 is 1.19 bits per heavy atom. The molecular weight excluding hydrogens is 293 g/mol. The topological polar surface area (TPSA) is 53.9 Å². The maximum atomic E-state index is 13.3. The summed E-state index contributed by atoms with van der Waals surface area (Å²) >= 11 is 5.83. The summed E-state index contributed by atoms with van der Waals surface area (Å²) in [6, 6.07) is 4.46. The third kappa shape index (κ3) is 2.90. The van der Waals surface area contributed by atoms with Gasteiger partial charge in [0.2, 0.25) is 11.9 Å². The van der Waals surface area contributed by atoms with Crippen molar-refractivity contribution in [3.8, 4) is 11.4 Å². The second-order valence-electron chi connectivity index (χ2n) is 4.86. The van der Waals surface area contributed by atoms with Crippen LogP contribution in [0.5, 0.6) is 0 Å².